The maximum absolute atomic E-state index is 12.6. The number of carbonyl (C=O) groups excluding carboxylic acids is 1. The van der Waals surface area contributed by atoms with E-state index in [1.165, 1.54) is 27.8 Å². The Morgan fingerprint density at radius 3 is 2.26 bits per heavy atom. The summed E-state index contributed by atoms with van der Waals surface area (Å²) in [7, 11) is -3.39. The van der Waals surface area contributed by atoms with Crippen LogP contribution in [0.25, 0.3) is 0 Å². The molecule has 0 aromatic heterocycles. The van der Waals surface area contributed by atoms with Crippen LogP contribution >= 0.6 is 0 Å². The summed E-state index contributed by atoms with van der Waals surface area (Å²) in [6.07, 6.45) is 4.84. The highest BCUT2D eigenvalue weighted by Gasteiger charge is 2.25. The van der Waals surface area contributed by atoms with Crippen molar-refractivity contribution in [1.82, 2.24) is 10.2 Å². The third-order valence-corrected chi connectivity index (χ3v) is 6.83. The molecule has 1 amide bonds. The highest BCUT2D eigenvalue weighted by molar-refractivity contribution is 7.90. The standard InChI is InChI=1S/C20H25N3O3S/c1-12-13(2)15(4)18(16(5)14(12)3)10-21-20(24)17-6-7-19-22-27(25,26)9-8-23(19)11-17/h6-7,11H,8-10H2,1-5H3,(H,21,24). The molecular formula is C20H25N3O3S. The van der Waals surface area contributed by atoms with Crippen molar-refractivity contribution in [2.24, 2.45) is 4.40 Å². The average Bonchev–Trinajstić information content (AvgIpc) is 2.63. The van der Waals surface area contributed by atoms with Crippen LogP contribution in [-0.2, 0) is 21.4 Å². The molecule has 6 nitrogen and oxygen atoms in total. The highest BCUT2D eigenvalue weighted by atomic mass is 32.2. The lowest BCUT2D eigenvalue weighted by molar-refractivity contribution is -0.117. The maximum atomic E-state index is 12.6. The van der Waals surface area contributed by atoms with E-state index in [1.54, 1.807) is 23.3 Å². The zero-order valence-corrected chi connectivity index (χ0v) is 17.2. The summed E-state index contributed by atoms with van der Waals surface area (Å²) in [5, 5.41) is 2.99. The molecule has 2 aliphatic rings. The molecule has 1 aromatic rings. The summed E-state index contributed by atoms with van der Waals surface area (Å²) in [6, 6.07) is 0. The van der Waals surface area contributed by atoms with Crippen LogP contribution in [0.3, 0.4) is 0 Å². The minimum Gasteiger partial charge on any atom is -0.348 e. The summed E-state index contributed by atoms with van der Waals surface area (Å²) in [4.78, 5) is 14.3. The van der Waals surface area contributed by atoms with E-state index in [0.29, 0.717) is 24.5 Å². The topological polar surface area (TPSA) is 78.8 Å². The Morgan fingerprint density at radius 1 is 1.04 bits per heavy atom. The molecule has 0 saturated heterocycles. The second kappa shape index (κ2) is 6.96. The van der Waals surface area contributed by atoms with Crippen LogP contribution in [-0.4, -0.2) is 37.4 Å². The van der Waals surface area contributed by atoms with Gasteiger partial charge in [-0.3, -0.25) is 4.79 Å². The van der Waals surface area contributed by atoms with Gasteiger partial charge in [0.15, 0.2) is 0 Å². The summed E-state index contributed by atoms with van der Waals surface area (Å²) in [6.45, 7) is 11.3. The molecule has 144 valence electrons. The van der Waals surface area contributed by atoms with Gasteiger partial charge in [0.2, 0.25) is 0 Å². The van der Waals surface area contributed by atoms with Crippen molar-refractivity contribution in [2.45, 2.75) is 41.2 Å². The zero-order chi connectivity index (χ0) is 19.9. The van der Waals surface area contributed by atoms with Crippen LogP contribution in [0.4, 0.5) is 0 Å². The van der Waals surface area contributed by atoms with Crippen LogP contribution in [0.15, 0.2) is 28.3 Å². The summed E-state index contributed by atoms with van der Waals surface area (Å²) < 4.78 is 26.9. The van der Waals surface area contributed by atoms with E-state index in [2.05, 4.69) is 44.3 Å². The van der Waals surface area contributed by atoms with Crippen molar-refractivity contribution in [3.8, 4) is 0 Å². The Balaban J connectivity index is 1.77. The van der Waals surface area contributed by atoms with Gasteiger partial charge < -0.3 is 10.2 Å². The second-order valence-corrected chi connectivity index (χ2v) is 8.89. The molecule has 2 heterocycles. The minimum atomic E-state index is -3.39. The molecule has 0 bridgehead atoms. The Labute approximate surface area is 160 Å². The summed E-state index contributed by atoms with van der Waals surface area (Å²) in [5.41, 5.74) is 7.87. The number of amidine groups is 1. The number of nitrogens with zero attached hydrogens (tertiary/aromatic N) is 2. The van der Waals surface area contributed by atoms with E-state index in [4.69, 9.17) is 0 Å². The van der Waals surface area contributed by atoms with Crippen LogP contribution < -0.4 is 5.32 Å². The molecule has 27 heavy (non-hydrogen) atoms. The maximum Gasteiger partial charge on any atom is 0.256 e. The van der Waals surface area contributed by atoms with Gasteiger partial charge in [0.25, 0.3) is 15.9 Å². The first kappa shape index (κ1) is 19.4. The number of sulfonamides is 1. The normalized spacial score (nSPS) is 17.9. The van der Waals surface area contributed by atoms with E-state index in [0.717, 1.165) is 5.56 Å². The van der Waals surface area contributed by atoms with Gasteiger partial charge in [-0.25, -0.2) is 8.42 Å². The Kier molecular flexibility index (Phi) is 4.99. The third kappa shape index (κ3) is 3.69. The molecule has 3 rings (SSSR count). The molecule has 0 atom stereocenters. The van der Waals surface area contributed by atoms with E-state index in [1.807, 2.05) is 0 Å². The van der Waals surface area contributed by atoms with Crippen molar-refractivity contribution in [3.63, 3.8) is 0 Å². The number of hydrogen-bond donors (Lipinski definition) is 1. The summed E-state index contributed by atoms with van der Waals surface area (Å²) >= 11 is 0. The molecule has 1 aromatic carbocycles. The van der Waals surface area contributed by atoms with Crippen LogP contribution in [0.1, 0.15) is 33.4 Å². The minimum absolute atomic E-state index is 0.0456. The number of benzene rings is 1. The predicted octanol–water partition coefficient (Wildman–Crippen LogP) is 2.34. The quantitative estimate of drug-likeness (QED) is 0.863. The van der Waals surface area contributed by atoms with Gasteiger partial charge in [0.1, 0.15) is 5.84 Å². The SMILES string of the molecule is Cc1c(C)c(C)c(CNC(=O)C2=CN3CCS(=O)(=O)N=C3C=C2)c(C)c1C. The molecule has 2 aliphatic heterocycles. The van der Waals surface area contributed by atoms with E-state index >= 15 is 0 Å². The molecule has 0 fully saturated rings. The van der Waals surface area contributed by atoms with Crippen LogP contribution in [0.2, 0.25) is 0 Å². The number of rotatable bonds is 3. The molecule has 7 heteroatoms. The van der Waals surface area contributed by atoms with E-state index in [9.17, 15) is 13.2 Å². The second-order valence-electron chi connectivity index (χ2n) is 7.13. The van der Waals surface area contributed by atoms with Crippen molar-refractivity contribution in [3.05, 3.63) is 57.3 Å². The van der Waals surface area contributed by atoms with Gasteiger partial charge in [-0.1, -0.05) is 0 Å². The molecule has 0 aliphatic carbocycles. The smallest absolute Gasteiger partial charge is 0.256 e. The van der Waals surface area contributed by atoms with E-state index < -0.39 is 10.0 Å². The number of carbonyl (C=O) groups is 1. The fraction of sp³-hybridized carbons (Fsp3) is 0.400. The third-order valence-electron chi connectivity index (χ3n) is 5.67. The van der Waals surface area contributed by atoms with Crippen molar-refractivity contribution in [2.75, 3.05) is 12.3 Å². The predicted molar refractivity (Wildman–Crippen MR) is 107 cm³/mol. The molecular weight excluding hydrogens is 362 g/mol. The molecule has 0 radical (unpaired) electrons. The van der Waals surface area contributed by atoms with Gasteiger partial charge in [-0.15, -0.1) is 4.40 Å². The first-order valence-electron chi connectivity index (χ1n) is 8.94. The monoisotopic (exact) mass is 387 g/mol. The average molecular weight is 388 g/mol. The lowest BCUT2D eigenvalue weighted by atomic mass is 9.89. The number of amides is 1. The van der Waals surface area contributed by atoms with E-state index in [-0.39, 0.29) is 11.7 Å². The molecule has 0 saturated carbocycles. The molecule has 1 N–H and O–H groups in total. The lowest BCUT2D eigenvalue weighted by Gasteiger charge is -2.27. The lowest BCUT2D eigenvalue weighted by Crippen LogP contribution is -2.38. The first-order valence-corrected chi connectivity index (χ1v) is 10.5. The van der Waals surface area contributed by atoms with Gasteiger partial charge >= 0.3 is 0 Å². The fourth-order valence-corrected chi connectivity index (χ4v) is 4.42. The molecule has 0 spiro atoms. The van der Waals surface area contributed by atoms with Crippen LogP contribution in [0.5, 0.6) is 0 Å². The van der Waals surface area contributed by atoms with Crippen LogP contribution in [0, 0.1) is 34.6 Å². The van der Waals surface area contributed by atoms with Crippen molar-refractivity contribution < 1.29 is 13.2 Å². The Hall–Kier alpha value is -2.41. The van der Waals surface area contributed by atoms with Gasteiger partial charge in [-0.2, -0.15) is 0 Å². The largest absolute Gasteiger partial charge is 0.348 e. The fourth-order valence-electron chi connectivity index (χ4n) is 3.45. The zero-order valence-electron chi connectivity index (χ0n) is 16.4. The number of nitrogens with one attached hydrogen (secondary N) is 1. The van der Waals surface area contributed by atoms with Crippen molar-refractivity contribution in [1.29, 1.82) is 0 Å². The Bertz CT molecular complexity index is 988. The van der Waals surface area contributed by atoms with Gasteiger partial charge in [0.05, 0.1) is 11.3 Å². The highest BCUT2D eigenvalue weighted by Crippen LogP contribution is 2.26. The number of fused-ring (bicyclic) bond motifs is 1. The Morgan fingerprint density at radius 2 is 1.63 bits per heavy atom. The summed E-state index contributed by atoms with van der Waals surface area (Å²) in [5.74, 6) is 0.124. The molecule has 0 unspecified atom stereocenters. The first-order chi connectivity index (χ1) is 12.6. The number of hydrogen-bond acceptors (Lipinski definition) is 4. The van der Waals surface area contributed by atoms with Gasteiger partial charge in [-0.05, 0) is 80.2 Å². The van der Waals surface area contributed by atoms with Crippen molar-refractivity contribution >= 4 is 21.8 Å². The van der Waals surface area contributed by atoms with Gasteiger partial charge in [0, 0.05) is 19.3 Å².